The molecule has 0 saturated heterocycles. The van der Waals surface area contributed by atoms with E-state index >= 15 is 0 Å². The summed E-state index contributed by atoms with van der Waals surface area (Å²) in [5.41, 5.74) is 0. The lowest BCUT2D eigenvalue weighted by atomic mass is 10.2. The van der Waals surface area contributed by atoms with Crippen molar-refractivity contribution in [3.05, 3.63) is 0 Å². The van der Waals surface area contributed by atoms with E-state index in [1.165, 1.54) is 0 Å². The van der Waals surface area contributed by atoms with Gasteiger partial charge in [-0.15, -0.1) is 0 Å². The van der Waals surface area contributed by atoms with Crippen LogP contribution in [0.3, 0.4) is 0 Å². The Kier molecular flexibility index (Phi) is 2.83. The molecule has 0 aliphatic heterocycles. The predicted octanol–water partition coefficient (Wildman–Crippen LogP) is 2.94. The molecule has 0 aliphatic rings. The van der Waals surface area contributed by atoms with Crippen LogP contribution in [-0.4, -0.2) is 9.15 Å². The molecule has 0 N–H and O–H groups in total. The first-order valence-electron chi connectivity index (χ1n) is 2.27. The molecule has 0 unspecified atom stereocenters. The summed E-state index contributed by atoms with van der Waals surface area (Å²) in [6.07, 6.45) is 0. The molecule has 0 amide bonds. The molecule has 44 valence electrons. The predicted molar refractivity (Wildman–Crippen MR) is 41.4 cm³/mol. The molecule has 0 fully saturated rings. The van der Waals surface area contributed by atoms with Crippen molar-refractivity contribution in [2.75, 3.05) is 0 Å². The third kappa shape index (κ3) is 3.53. The van der Waals surface area contributed by atoms with Crippen molar-refractivity contribution in [3.8, 4) is 0 Å². The van der Waals surface area contributed by atoms with Crippen LogP contribution >= 0.6 is 31.9 Å². The van der Waals surface area contributed by atoms with Crippen LogP contribution in [-0.2, 0) is 0 Å². The molecular formula is C5H10Br2. The largest absolute Gasteiger partial charge is 0.0879 e. The second-order valence-electron chi connectivity index (χ2n) is 2.18. The number of hydrogen-bond acceptors (Lipinski definition) is 0. The number of alkyl halides is 2. The fourth-order valence-electron chi connectivity index (χ4n) is 0. The SMILES string of the molecule is C[C@@H](Br)C(C)(C)Br. The molecule has 0 aromatic heterocycles. The van der Waals surface area contributed by atoms with E-state index in [1.54, 1.807) is 0 Å². The fraction of sp³-hybridized carbons (Fsp3) is 1.00. The van der Waals surface area contributed by atoms with Gasteiger partial charge in [0.05, 0.1) is 0 Å². The Hall–Kier alpha value is 0.960. The summed E-state index contributed by atoms with van der Waals surface area (Å²) in [7, 11) is 0. The van der Waals surface area contributed by atoms with Gasteiger partial charge in [-0.25, -0.2) is 0 Å². The van der Waals surface area contributed by atoms with Gasteiger partial charge in [-0.2, -0.15) is 0 Å². The van der Waals surface area contributed by atoms with Gasteiger partial charge in [0, 0.05) is 9.15 Å². The fourth-order valence-corrected chi connectivity index (χ4v) is 0. The Balaban J connectivity index is 3.54. The van der Waals surface area contributed by atoms with Crippen LogP contribution in [0.25, 0.3) is 0 Å². The van der Waals surface area contributed by atoms with Crippen molar-refractivity contribution in [1.29, 1.82) is 0 Å². The summed E-state index contributed by atoms with van der Waals surface area (Å²) in [4.78, 5) is 0.528. The van der Waals surface area contributed by atoms with E-state index in [9.17, 15) is 0 Å². The zero-order valence-corrected chi connectivity index (χ0v) is 8.01. The number of hydrogen-bond donors (Lipinski definition) is 0. The summed E-state index contributed by atoms with van der Waals surface area (Å²) in [5, 5.41) is 0. The van der Waals surface area contributed by atoms with Gasteiger partial charge in [0.1, 0.15) is 0 Å². The van der Waals surface area contributed by atoms with Crippen molar-refractivity contribution in [2.24, 2.45) is 0 Å². The lowest BCUT2D eigenvalue weighted by Gasteiger charge is -2.18. The second kappa shape index (κ2) is 2.49. The van der Waals surface area contributed by atoms with Gasteiger partial charge >= 0.3 is 0 Å². The highest BCUT2D eigenvalue weighted by Gasteiger charge is 2.18. The van der Waals surface area contributed by atoms with Crippen LogP contribution in [0.15, 0.2) is 0 Å². The number of halogens is 2. The molecule has 0 aromatic carbocycles. The molecule has 0 rings (SSSR count). The lowest BCUT2D eigenvalue weighted by Crippen LogP contribution is -2.20. The average molecular weight is 230 g/mol. The smallest absolute Gasteiger partial charge is 0.0323 e. The molecule has 0 saturated carbocycles. The molecule has 0 spiro atoms. The molecular weight excluding hydrogens is 220 g/mol. The second-order valence-corrected chi connectivity index (χ2v) is 5.60. The topological polar surface area (TPSA) is 0 Å². The van der Waals surface area contributed by atoms with E-state index < -0.39 is 0 Å². The zero-order chi connectivity index (χ0) is 6.08. The van der Waals surface area contributed by atoms with Crippen molar-refractivity contribution in [2.45, 2.75) is 29.9 Å². The quantitative estimate of drug-likeness (QED) is 0.607. The van der Waals surface area contributed by atoms with Crippen LogP contribution in [0.5, 0.6) is 0 Å². The van der Waals surface area contributed by atoms with E-state index in [2.05, 4.69) is 52.6 Å². The minimum atomic E-state index is 0.229. The van der Waals surface area contributed by atoms with Crippen molar-refractivity contribution in [1.82, 2.24) is 0 Å². The van der Waals surface area contributed by atoms with E-state index in [1.807, 2.05) is 0 Å². The molecule has 7 heavy (non-hydrogen) atoms. The molecule has 1 atom stereocenters. The summed E-state index contributed by atoms with van der Waals surface area (Å²) in [6.45, 7) is 6.38. The molecule has 0 bridgehead atoms. The highest BCUT2D eigenvalue weighted by Crippen LogP contribution is 2.25. The maximum absolute atomic E-state index is 3.50. The van der Waals surface area contributed by atoms with Crippen molar-refractivity contribution in [3.63, 3.8) is 0 Å². The van der Waals surface area contributed by atoms with E-state index in [0.717, 1.165) is 0 Å². The van der Waals surface area contributed by atoms with Gasteiger partial charge in [0.2, 0.25) is 0 Å². The van der Waals surface area contributed by atoms with Crippen LogP contribution in [0.1, 0.15) is 20.8 Å². The zero-order valence-electron chi connectivity index (χ0n) is 4.83. The number of rotatable bonds is 1. The van der Waals surface area contributed by atoms with Crippen LogP contribution in [0.2, 0.25) is 0 Å². The minimum Gasteiger partial charge on any atom is -0.0879 e. The van der Waals surface area contributed by atoms with Gasteiger partial charge in [-0.05, 0) is 13.8 Å². The first kappa shape index (κ1) is 7.96. The Labute approximate surface area is 61.9 Å². The van der Waals surface area contributed by atoms with Gasteiger partial charge in [-0.1, -0.05) is 38.8 Å². The summed E-state index contributed by atoms with van der Waals surface area (Å²) in [5.74, 6) is 0. The minimum absolute atomic E-state index is 0.229. The van der Waals surface area contributed by atoms with E-state index in [4.69, 9.17) is 0 Å². The molecule has 0 heterocycles. The van der Waals surface area contributed by atoms with Crippen LogP contribution < -0.4 is 0 Å². The molecule has 0 aromatic rings. The monoisotopic (exact) mass is 228 g/mol. The average Bonchev–Trinajstić information content (AvgIpc) is 1.31. The molecule has 0 nitrogen and oxygen atoms in total. The van der Waals surface area contributed by atoms with Crippen LogP contribution in [0, 0.1) is 0 Å². The maximum atomic E-state index is 3.50. The van der Waals surface area contributed by atoms with Gasteiger partial charge in [-0.3, -0.25) is 0 Å². The Morgan fingerprint density at radius 1 is 1.43 bits per heavy atom. The first-order chi connectivity index (χ1) is 2.94. The Morgan fingerprint density at radius 3 is 1.57 bits per heavy atom. The Morgan fingerprint density at radius 2 is 1.57 bits per heavy atom. The summed E-state index contributed by atoms with van der Waals surface area (Å²) < 4.78 is 0.229. The molecule has 2 heteroatoms. The third-order valence-electron chi connectivity index (χ3n) is 0.946. The lowest BCUT2D eigenvalue weighted by molar-refractivity contribution is 0.727. The maximum Gasteiger partial charge on any atom is 0.0323 e. The van der Waals surface area contributed by atoms with Crippen molar-refractivity contribution < 1.29 is 0 Å². The highest BCUT2D eigenvalue weighted by molar-refractivity contribution is 9.12. The molecule has 0 aliphatic carbocycles. The van der Waals surface area contributed by atoms with Gasteiger partial charge in [0.15, 0.2) is 0 Å². The highest BCUT2D eigenvalue weighted by atomic mass is 79.9. The van der Waals surface area contributed by atoms with Crippen molar-refractivity contribution >= 4 is 31.9 Å². The summed E-state index contributed by atoms with van der Waals surface area (Å²) in [6, 6.07) is 0. The normalized spacial score (nSPS) is 16.7. The molecule has 0 radical (unpaired) electrons. The summed E-state index contributed by atoms with van der Waals surface area (Å²) >= 11 is 6.94. The third-order valence-corrected chi connectivity index (χ3v) is 3.39. The van der Waals surface area contributed by atoms with E-state index in [0.29, 0.717) is 4.83 Å². The van der Waals surface area contributed by atoms with Crippen LogP contribution in [0.4, 0.5) is 0 Å². The Bertz CT molecular complexity index is 51.6. The van der Waals surface area contributed by atoms with E-state index in [-0.39, 0.29) is 4.32 Å². The standard InChI is InChI=1S/C5H10Br2/c1-4(6)5(2,3)7/h4H,1-3H3/t4-/m1/s1. The van der Waals surface area contributed by atoms with Gasteiger partial charge in [0.25, 0.3) is 0 Å². The first-order valence-corrected chi connectivity index (χ1v) is 3.98. The van der Waals surface area contributed by atoms with Gasteiger partial charge < -0.3 is 0 Å².